The minimum atomic E-state index is -2.64. The van der Waals surface area contributed by atoms with E-state index in [1.165, 1.54) is 12.1 Å². The molecule has 0 spiro atoms. The van der Waals surface area contributed by atoms with Gasteiger partial charge in [0.15, 0.2) is 0 Å². The molecule has 4 nitrogen and oxygen atoms in total. The van der Waals surface area contributed by atoms with Gasteiger partial charge in [-0.3, -0.25) is 4.79 Å². The molecule has 0 saturated heterocycles. The molecule has 0 fully saturated rings. The van der Waals surface area contributed by atoms with Crippen LogP contribution in [0.15, 0.2) is 36.9 Å². The highest BCUT2D eigenvalue weighted by atomic mass is 19.3. The molecule has 110 valence electrons. The Morgan fingerprint density at radius 1 is 1.40 bits per heavy atom. The number of aliphatic hydroxyl groups excluding tert-OH is 1. The average Bonchev–Trinajstić information content (AvgIpc) is 2.44. The first-order chi connectivity index (χ1) is 9.58. The fourth-order valence-corrected chi connectivity index (χ4v) is 1.59. The lowest BCUT2D eigenvalue weighted by atomic mass is 10.2. The van der Waals surface area contributed by atoms with Gasteiger partial charge in [-0.15, -0.1) is 0 Å². The van der Waals surface area contributed by atoms with Crippen LogP contribution in [0.4, 0.5) is 8.78 Å². The Morgan fingerprint density at radius 2 is 2.05 bits per heavy atom. The number of amides is 1. The predicted molar refractivity (Wildman–Crippen MR) is 71.1 cm³/mol. The van der Waals surface area contributed by atoms with Crippen molar-refractivity contribution in [2.45, 2.75) is 6.43 Å². The first-order valence-electron chi connectivity index (χ1n) is 6.10. The molecule has 0 saturated carbocycles. The van der Waals surface area contributed by atoms with Gasteiger partial charge in [-0.2, -0.15) is 0 Å². The fourth-order valence-electron chi connectivity index (χ4n) is 1.59. The number of hydrogen-bond donors (Lipinski definition) is 1. The summed E-state index contributed by atoms with van der Waals surface area (Å²) in [5.74, 6) is 0.0126. The van der Waals surface area contributed by atoms with Gasteiger partial charge in [0.05, 0.1) is 13.2 Å². The molecule has 0 aliphatic rings. The fraction of sp³-hybridized carbons (Fsp3) is 0.357. The second-order valence-corrected chi connectivity index (χ2v) is 3.99. The normalized spacial score (nSPS) is 10.4. The van der Waals surface area contributed by atoms with Crippen molar-refractivity contribution in [3.05, 3.63) is 42.5 Å². The van der Waals surface area contributed by atoms with E-state index < -0.39 is 18.9 Å². The highest BCUT2D eigenvalue weighted by Gasteiger charge is 2.19. The molecular formula is C14H17F2NO3. The summed E-state index contributed by atoms with van der Waals surface area (Å²) in [6.07, 6.45) is -1.05. The lowest BCUT2D eigenvalue weighted by molar-refractivity contribution is 0.0509. The lowest BCUT2D eigenvalue weighted by Crippen LogP contribution is -2.37. The van der Waals surface area contributed by atoms with Gasteiger partial charge in [0.2, 0.25) is 0 Å². The zero-order valence-electron chi connectivity index (χ0n) is 11.0. The molecule has 1 amide bonds. The second kappa shape index (κ2) is 8.27. The van der Waals surface area contributed by atoms with Crippen LogP contribution in [-0.2, 0) is 0 Å². The van der Waals surface area contributed by atoms with Crippen molar-refractivity contribution in [2.24, 2.45) is 0 Å². The van der Waals surface area contributed by atoms with Gasteiger partial charge in [-0.05, 0) is 24.3 Å². The Labute approximate surface area is 116 Å². The number of carbonyl (C=O) groups is 1. The van der Waals surface area contributed by atoms with Crippen molar-refractivity contribution in [2.75, 3.05) is 26.3 Å². The van der Waals surface area contributed by atoms with E-state index >= 15 is 0 Å². The number of hydrogen-bond acceptors (Lipinski definition) is 3. The zero-order valence-corrected chi connectivity index (χ0v) is 11.0. The summed E-state index contributed by atoms with van der Waals surface area (Å²) in [6.45, 7) is 2.67. The van der Waals surface area contributed by atoms with Crippen LogP contribution in [0.5, 0.6) is 5.75 Å². The van der Waals surface area contributed by atoms with Crippen LogP contribution >= 0.6 is 0 Å². The molecule has 20 heavy (non-hydrogen) atoms. The number of ether oxygens (including phenoxy) is 1. The summed E-state index contributed by atoms with van der Waals surface area (Å²) in [5, 5.41) is 8.82. The summed E-state index contributed by atoms with van der Waals surface area (Å²) in [7, 11) is 0. The van der Waals surface area contributed by atoms with E-state index in [9.17, 15) is 13.6 Å². The molecule has 0 aromatic heterocycles. The van der Waals surface area contributed by atoms with Gasteiger partial charge in [-0.1, -0.05) is 12.7 Å². The van der Waals surface area contributed by atoms with Crippen molar-refractivity contribution in [3.8, 4) is 5.75 Å². The van der Waals surface area contributed by atoms with Crippen molar-refractivity contribution in [1.82, 2.24) is 4.90 Å². The van der Waals surface area contributed by atoms with Crippen LogP contribution in [0.2, 0.25) is 0 Å². The van der Waals surface area contributed by atoms with Gasteiger partial charge in [0.25, 0.3) is 12.3 Å². The Kier molecular flexibility index (Phi) is 6.66. The summed E-state index contributed by atoms with van der Waals surface area (Å²) >= 11 is 0. The largest absolute Gasteiger partial charge is 0.490 e. The van der Waals surface area contributed by atoms with E-state index in [1.54, 1.807) is 18.2 Å². The van der Waals surface area contributed by atoms with E-state index in [0.717, 1.165) is 4.90 Å². The van der Waals surface area contributed by atoms with E-state index in [4.69, 9.17) is 9.84 Å². The topological polar surface area (TPSA) is 49.8 Å². The average molecular weight is 285 g/mol. The maximum absolute atomic E-state index is 12.4. The molecule has 0 atom stereocenters. The first-order valence-corrected chi connectivity index (χ1v) is 6.10. The molecule has 0 heterocycles. The van der Waals surface area contributed by atoms with Crippen molar-refractivity contribution < 1.29 is 23.4 Å². The van der Waals surface area contributed by atoms with Gasteiger partial charge >= 0.3 is 0 Å². The third-order valence-corrected chi connectivity index (χ3v) is 2.48. The standard InChI is InChI=1S/C14H17F2NO3/c1-2-9-20-12-5-3-11(4-6-12)14(19)17(7-8-18)10-13(15)16/h2-6,13,18H,1,7-10H2. The summed E-state index contributed by atoms with van der Waals surface area (Å²) in [6, 6.07) is 6.15. The van der Waals surface area contributed by atoms with Gasteiger partial charge in [0.1, 0.15) is 12.4 Å². The summed E-state index contributed by atoms with van der Waals surface area (Å²) in [5.41, 5.74) is 0.269. The van der Waals surface area contributed by atoms with Gasteiger partial charge in [-0.25, -0.2) is 8.78 Å². The van der Waals surface area contributed by atoms with Crippen LogP contribution in [0.1, 0.15) is 10.4 Å². The number of benzene rings is 1. The third-order valence-electron chi connectivity index (χ3n) is 2.48. The van der Waals surface area contributed by atoms with E-state index in [2.05, 4.69) is 6.58 Å². The molecule has 0 radical (unpaired) electrons. The summed E-state index contributed by atoms with van der Waals surface area (Å²) < 4.78 is 30.0. The Bertz CT molecular complexity index is 435. The number of alkyl halides is 2. The number of aliphatic hydroxyl groups is 1. The Balaban J connectivity index is 2.75. The van der Waals surface area contributed by atoms with Gasteiger partial charge < -0.3 is 14.7 Å². The molecule has 0 bridgehead atoms. The van der Waals surface area contributed by atoms with Crippen LogP contribution in [-0.4, -0.2) is 48.6 Å². The molecule has 0 aliphatic heterocycles. The zero-order chi connectivity index (χ0) is 15.0. The number of nitrogens with zero attached hydrogens (tertiary/aromatic N) is 1. The van der Waals surface area contributed by atoms with Crippen LogP contribution in [0.3, 0.4) is 0 Å². The smallest absolute Gasteiger partial charge is 0.255 e. The Morgan fingerprint density at radius 3 is 2.55 bits per heavy atom. The molecular weight excluding hydrogens is 268 g/mol. The maximum Gasteiger partial charge on any atom is 0.255 e. The lowest BCUT2D eigenvalue weighted by Gasteiger charge is -2.21. The van der Waals surface area contributed by atoms with E-state index in [1.807, 2.05) is 0 Å². The molecule has 0 unspecified atom stereocenters. The SMILES string of the molecule is C=CCOc1ccc(C(=O)N(CCO)CC(F)F)cc1. The van der Waals surface area contributed by atoms with E-state index in [0.29, 0.717) is 12.4 Å². The quantitative estimate of drug-likeness (QED) is 0.743. The van der Waals surface area contributed by atoms with Crippen LogP contribution in [0, 0.1) is 0 Å². The Hall–Kier alpha value is -1.95. The minimum absolute atomic E-state index is 0.127. The molecule has 1 rings (SSSR count). The van der Waals surface area contributed by atoms with Crippen LogP contribution < -0.4 is 4.74 Å². The minimum Gasteiger partial charge on any atom is -0.490 e. The second-order valence-electron chi connectivity index (χ2n) is 3.99. The highest BCUT2D eigenvalue weighted by Crippen LogP contribution is 2.14. The number of carbonyl (C=O) groups excluding carboxylic acids is 1. The highest BCUT2D eigenvalue weighted by molar-refractivity contribution is 5.94. The maximum atomic E-state index is 12.4. The number of halogens is 2. The number of rotatable bonds is 8. The third kappa shape index (κ3) is 4.97. The predicted octanol–water partition coefficient (Wildman–Crippen LogP) is 1.95. The van der Waals surface area contributed by atoms with Gasteiger partial charge in [0, 0.05) is 12.1 Å². The molecule has 6 heteroatoms. The summed E-state index contributed by atoms with van der Waals surface area (Å²) in [4.78, 5) is 12.9. The van der Waals surface area contributed by atoms with Crippen molar-refractivity contribution in [3.63, 3.8) is 0 Å². The first kappa shape index (κ1) is 16.1. The van der Waals surface area contributed by atoms with Crippen molar-refractivity contribution in [1.29, 1.82) is 0 Å². The van der Waals surface area contributed by atoms with Crippen LogP contribution in [0.25, 0.3) is 0 Å². The molecule has 1 N–H and O–H groups in total. The molecule has 0 aliphatic carbocycles. The van der Waals surface area contributed by atoms with Crippen molar-refractivity contribution >= 4 is 5.91 Å². The molecule has 1 aromatic carbocycles. The van der Waals surface area contributed by atoms with E-state index in [-0.39, 0.29) is 18.7 Å². The molecule has 1 aromatic rings. The monoisotopic (exact) mass is 285 g/mol.